The maximum Gasteiger partial charge on any atom is 0.319 e. The topological polar surface area (TPSA) is 94.6 Å². The number of nitrogens with one attached hydrogen (secondary N) is 2. The molecule has 146 valence electrons. The lowest BCUT2D eigenvalue weighted by atomic mass is 10.2. The van der Waals surface area contributed by atoms with Gasteiger partial charge in [-0.3, -0.25) is 0 Å². The van der Waals surface area contributed by atoms with Gasteiger partial charge in [0.05, 0.1) is 25.6 Å². The smallest absolute Gasteiger partial charge is 0.319 e. The van der Waals surface area contributed by atoms with E-state index < -0.39 is 6.03 Å². The van der Waals surface area contributed by atoms with Crippen LogP contribution in [0, 0.1) is 0 Å². The van der Waals surface area contributed by atoms with Crippen LogP contribution in [0.5, 0.6) is 17.4 Å². The number of benzene rings is 1. The standard InChI is InChI=1S/C19H20N4O4S/c1-25-14-5-3-6-15(26-2)18(14)21-19(24)20-10-11-27-17-9-8-13(22-23-17)16-7-4-12-28-16/h3-9,12H,10-11H2,1-2H3,(H2,20,21,24). The fraction of sp³-hybridized carbons (Fsp3) is 0.211. The summed E-state index contributed by atoms with van der Waals surface area (Å²) in [4.78, 5) is 13.2. The van der Waals surface area contributed by atoms with Crippen molar-refractivity contribution in [2.24, 2.45) is 0 Å². The summed E-state index contributed by atoms with van der Waals surface area (Å²) in [7, 11) is 3.05. The molecule has 2 N–H and O–H groups in total. The molecule has 9 heteroatoms. The molecule has 0 aliphatic heterocycles. The average molecular weight is 400 g/mol. The molecule has 0 saturated heterocycles. The van der Waals surface area contributed by atoms with Crippen LogP contribution in [0.2, 0.25) is 0 Å². The number of carbonyl (C=O) groups is 1. The summed E-state index contributed by atoms with van der Waals surface area (Å²) in [6.45, 7) is 0.543. The predicted molar refractivity (Wildman–Crippen MR) is 107 cm³/mol. The first-order valence-corrected chi connectivity index (χ1v) is 9.35. The van der Waals surface area contributed by atoms with Crippen LogP contribution in [0.25, 0.3) is 10.6 Å². The van der Waals surface area contributed by atoms with Crippen molar-refractivity contribution in [3.05, 3.63) is 47.8 Å². The van der Waals surface area contributed by atoms with Gasteiger partial charge in [0.1, 0.15) is 29.5 Å². The van der Waals surface area contributed by atoms with E-state index >= 15 is 0 Å². The predicted octanol–water partition coefficient (Wildman–Crippen LogP) is 3.42. The second kappa shape index (κ2) is 9.56. The summed E-state index contributed by atoms with van der Waals surface area (Å²) in [5, 5.41) is 15.6. The number of hydrogen-bond acceptors (Lipinski definition) is 7. The number of anilines is 1. The van der Waals surface area contributed by atoms with Crippen molar-refractivity contribution in [3.63, 3.8) is 0 Å². The Morgan fingerprint density at radius 2 is 1.82 bits per heavy atom. The van der Waals surface area contributed by atoms with Crippen molar-refractivity contribution in [1.29, 1.82) is 0 Å². The van der Waals surface area contributed by atoms with Crippen molar-refractivity contribution in [2.75, 3.05) is 32.7 Å². The highest BCUT2D eigenvalue weighted by Crippen LogP contribution is 2.33. The molecule has 0 radical (unpaired) electrons. The summed E-state index contributed by atoms with van der Waals surface area (Å²) >= 11 is 1.60. The Balaban J connectivity index is 1.46. The maximum absolute atomic E-state index is 12.1. The SMILES string of the molecule is COc1cccc(OC)c1NC(=O)NCCOc1ccc(-c2cccs2)nn1. The van der Waals surface area contributed by atoms with Crippen LogP contribution < -0.4 is 24.8 Å². The minimum Gasteiger partial charge on any atom is -0.494 e. The molecule has 3 rings (SSSR count). The van der Waals surface area contributed by atoms with E-state index in [2.05, 4.69) is 20.8 Å². The Morgan fingerprint density at radius 1 is 1.04 bits per heavy atom. The second-order valence-electron chi connectivity index (χ2n) is 5.50. The molecule has 3 aromatic rings. The molecule has 0 saturated carbocycles. The quantitative estimate of drug-likeness (QED) is 0.563. The van der Waals surface area contributed by atoms with Gasteiger partial charge in [-0.25, -0.2) is 4.79 Å². The highest BCUT2D eigenvalue weighted by atomic mass is 32.1. The fourth-order valence-corrected chi connectivity index (χ4v) is 3.10. The molecule has 0 atom stereocenters. The average Bonchev–Trinajstić information content (AvgIpc) is 3.26. The molecule has 1 aromatic carbocycles. The molecule has 0 aliphatic rings. The Hall–Kier alpha value is -3.33. The van der Waals surface area contributed by atoms with Crippen molar-refractivity contribution >= 4 is 23.1 Å². The number of ether oxygens (including phenoxy) is 3. The van der Waals surface area contributed by atoms with Gasteiger partial charge in [-0.15, -0.1) is 21.5 Å². The maximum atomic E-state index is 12.1. The van der Waals surface area contributed by atoms with Crippen LogP contribution in [0.1, 0.15) is 0 Å². The molecule has 8 nitrogen and oxygen atoms in total. The van der Waals surface area contributed by atoms with Crippen molar-refractivity contribution in [1.82, 2.24) is 15.5 Å². The summed E-state index contributed by atoms with van der Waals surface area (Å²) in [6.07, 6.45) is 0. The van der Waals surface area contributed by atoms with Crippen LogP contribution in [0.3, 0.4) is 0 Å². The number of amides is 2. The van der Waals surface area contributed by atoms with Gasteiger partial charge in [-0.1, -0.05) is 12.1 Å². The minimum absolute atomic E-state index is 0.253. The lowest BCUT2D eigenvalue weighted by molar-refractivity contribution is 0.246. The molecule has 28 heavy (non-hydrogen) atoms. The van der Waals surface area contributed by atoms with Gasteiger partial charge < -0.3 is 24.8 Å². The van der Waals surface area contributed by atoms with E-state index in [1.54, 1.807) is 35.6 Å². The zero-order valence-corrected chi connectivity index (χ0v) is 16.3. The van der Waals surface area contributed by atoms with Gasteiger partial charge >= 0.3 is 6.03 Å². The largest absolute Gasteiger partial charge is 0.494 e. The Kier molecular flexibility index (Phi) is 6.64. The Morgan fingerprint density at radius 3 is 2.43 bits per heavy atom. The monoisotopic (exact) mass is 400 g/mol. The number of aromatic nitrogens is 2. The normalized spacial score (nSPS) is 10.2. The van der Waals surface area contributed by atoms with Crippen LogP contribution in [-0.4, -0.2) is 43.6 Å². The molecule has 2 aromatic heterocycles. The molecule has 0 spiro atoms. The van der Waals surface area contributed by atoms with Gasteiger partial charge in [0.15, 0.2) is 0 Å². The summed E-state index contributed by atoms with van der Waals surface area (Å²) < 4.78 is 16.0. The van der Waals surface area contributed by atoms with Crippen molar-refractivity contribution in [3.8, 4) is 28.0 Å². The lowest BCUT2D eigenvalue weighted by Crippen LogP contribution is -2.32. The van der Waals surface area contributed by atoms with E-state index in [1.807, 2.05) is 23.6 Å². The van der Waals surface area contributed by atoms with Gasteiger partial charge in [0.25, 0.3) is 0 Å². The zero-order chi connectivity index (χ0) is 19.8. The molecule has 0 aliphatic carbocycles. The molecule has 0 unspecified atom stereocenters. The first-order chi connectivity index (χ1) is 13.7. The van der Waals surface area contributed by atoms with Gasteiger partial charge in [-0.2, -0.15) is 0 Å². The second-order valence-corrected chi connectivity index (χ2v) is 6.45. The Bertz CT molecular complexity index is 879. The zero-order valence-electron chi connectivity index (χ0n) is 15.5. The van der Waals surface area contributed by atoms with E-state index in [0.29, 0.717) is 23.1 Å². The number of urea groups is 1. The van der Waals surface area contributed by atoms with E-state index in [0.717, 1.165) is 10.6 Å². The van der Waals surface area contributed by atoms with Gasteiger partial charge in [0.2, 0.25) is 5.88 Å². The first kappa shape index (κ1) is 19.4. The highest BCUT2D eigenvalue weighted by molar-refractivity contribution is 7.13. The summed E-state index contributed by atoms with van der Waals surface area (Å²) in [6, 6.07) is 12.4. The minimum atomic E-state index is -0.398. The van der Waals surface area contributed by atoms with Crippen LogP contribution in [-0.2, 0) is 0 Å². The fourth-order valence-electron chi connectivity index (χ4n) is 2.41. The third-order valence-corrected chi connectivity index (χ3v) is 4.61. The summed E-state index contributed by atoms with van der Waals surface area (Å²) in [5.74, 6) is 1.41. The number of carbonyl (C=O) groups excluding carboxylic acids is 1. The Labute approximate surface area is 166 Å². The highest BCUT2D eigenvalue weighted by Gasteiger charge is 2.12. The number of hydrogen-bond donors (Lipinski definition) is 2. The van der Waals surface area contributed by atoms with Crippen molar-refractivity contribution in [2.45, 2.75) is 0 Å². The van der Waals surface area contributed by atoms with Crippen molar-refractivity contribution < 1.29 is 19.0 Å². The molecular formula is C19H20N4O4S. The first-order valence-electron chi connectivity index (χ1n) is 8.47. The number of nitrogens with zero attached hydrogens (tertiary/aromatic N) is 2. The lowest BCUT2D eigenvalue weighted by Gasteiger charge is -2.14. The van der Waals surface area contributed by atoms with E-state index in [1.165, 1.54) is 14.2 Å². The molecule has 2 heterocycles. The number of para-hydroxylation sites is 1. The molecule has 0 fully saturated rings. The van der Waals surface area contributed by atoms with E-state index in [9.17, 15) is 4.79 Å². The third-order valence-electron chi connectivity index (χ3n) is 3.72. The van der Waals surface area contributed by atoms with Gasteiger partial charge in [0, 0.05) is 6.07 Å². The number of rotatable bonds is 8. The molecule has 0 bridgehead atoms. The van der Waals surface area contributed by atoms with E-state index in [-0.39, 0.29) is 13.2 Å². The number of methoxy groups -OCH3 is 2. The summed E-state index contributed by atoms with van der Waals surface area (Å²) in [5.41, 5.74) is 1.26. The van der Waals surface area contributed by atoms with Crippen LogP contribution in [0.15, 0.2) is 47.8 Å². The van der Waals surface area contributed by atoms with Crippen LogP contribution in [0.4, 0.5) is 10.5 Å². The molecule has 2 amide bonds. The van der Waals surface area contributed by atoms with Gasteiger partial charge in [-0.05, 0) is 29.6 Å². The third kappa shape index (κ3) is 4.89. The number of thiophene rings is 1. The molecular weight excluding hydrogens is 380 g/mol. The van der Waals surface area contributed by atoms with E-state index in [4.69, 9.17) is 14.2 Å². The van der Waals surface area contributed by atoms with Crippen LogP contribution >= 0.6 is 11.3 Å².